The van der Waals surface area contributed by atoms with Crippen LogP contribution in [0.15, 0.2) is 77.4 Å². The Morgan fingerprint density at radius 2 is 1.58 bits per heavy atom. The minimum atomic E-state index is -0.968. The number of rotatable bonds is 6. The van der Waals surface area contributed by atoms with E-state index in [0.717, 1.165) is 75.8 Å². The summed E-state index contributed by atoms with van der Waals surface area (Å²) < 4.78 is 6.63. The van der Waals surface area contributed by atoms with E-state index in [4.69, 9.17) is 9.84 Å². The van der Waals surface area contributed by atoms with Gasteiger partial charge in [-0.05, 0) is 69.0 Å². The fourth-order valence-corrected chi connectivity index (χ4v) is 5.85. The van der Waals surface area contributed by atoms with Crippen molar-refractivity contribution in [2.75, 3.05) is 23.7 Å². The van der Waals surface area contributed by atoms with Crippen LogP contribution in [-0.2, 0) is 5.54 Å². The summed E-state index contributed by atoms with van der Waals surface area (Å²) in [5, 5.41) is 13.5. The molecule has 0 aromatic heterocycles. The van der Waals surface area contributed by atoms with Crippen molar-refractivity contribution in [1.29, 1.82) is 0 Å². The molecule has 192 valence electrons. The summed E-state index contributed by atoms with van der Waals surface area (Å²) in [4.78, 5) is 14.1. The second-order valence-electron chi connectivity index (χ2n) is 9.98. The number of fused-ring (bicyclic) bond motifs is 6. The minimum absolute atomic E-state index is 0.121. The number of carbonyl (C=O) groups is 1. The molecule has 1 spiro atoms. The lowest BCUT2D eigenvalue weighted by atomic mass is 9.74. The fraction of sp³-hybridized carbons (Fsp3) is 0.250. The van der Waals surface area contributed by atoms with Crippen LogP contribution < -0.4 is 15.4 Å². The molecule has 0 atom stereocenters. The third-order valence-electron chi connectivity index (χ3n) is 7.58. The zero-order valence-electron chi connectivity index (χ0n) is 22.3. The average Bonchev–Trinajstić information content (AvgIpc) is 3.51. The summed E-state index contributed by atoms with van der Waals surface area (Å²) >= 11 is 0. The van der Waals surface area contributed by atoms with Crippen LogP contribution in [0.2, 0.25) is 0 Å². The highest BCUT2D eigenvalue weighted by Crippen LogP contribution is 2.58. The first-order chi connectivity index (χ1) is 18.5. The van der Waals surface area contributed by atoms with E-state index in [0.29, 0.717) is 5.56 Å². The highest BCUT2D eigenvalue weighted by Gasteiger charge is 2.57. The van der Waals surface area contributed by atoms with E-state index < -0.39 is 5.54 Å². The van der Waals surface area contributed by atoms with Crippen LogP contribution in [0.1, 0.15) is 58.4 Å². The number of anilines is 2. The Hall–Kier alpha value is -4.32. The van der Waals surface area contributed by atoms with Crippen molar-refractivity contribution in [3.8, 4) is 11.5 Å². The molecule has 3 aromatic carbocycles. The number of hydrogen-bond acceptors (Lipinski definition) is 5. The van der Waals surface area contributed by atoms with E-state index in [-0.39, 0.29) is 5.91 Å². The molecule has 38 heavy (non-hydrogen) atoms. The predicted octanol–water partition coefficient (Wildman–Crippen LogP) is 6.89. The molecule has 0 radical (unpaired) electrons. The van der Waals surface area contributed by atoms with Crippen LogP contribution >= 0.6 is 0 Å². The molecule has 0 saturated heterocycles. The number of nitrogens with one attached hydrogen (secondary N) is 2. The molecule has 0 fully saturated rings. The number of hydrogen-bond donors (Lipinski definition) is 2. The number of ether oxygens (including phenoxy) is 1. The van der Waals surface area contributed by atoms with Gasteiger partial charge in [0.1, 0.15) is 17.0 Å². The van der Waals surface area contributed by atoms with Crippen LogP contribution in [0.5, 0.6) is 11.5 Å². The highest BCUT2D eigenvalue weighted by atomic mass is 16.5. The van der Waals surface area contributed by atoms with Crippen molar-refractivity contribution in [2.24, 2.45) is 5.10 Å². The lowest BCUT2D eigenvalue weighted by molar-refractivity contribution is 0.0675. The van der Waals surface area contributed by atoms with Gasteiger partial charge in [0, 0.05) is 58.9 Å². The molecule has 0 bridgehead atoms. The molecule has 0 saturated carbocycles. The number of aryl methyl sites for hydroxylation is 2. The van der Waals surface area contributed by atoms with E-state index >= 15 is 0 Å². The lowest BCUT2D eigenvalue weighted by Gasteiger charge is -2.42. The summed E-state index contributed by atoms with van der Waals surface area (Å²) in [6.45, 7) is 9.93. The molecule has 2 heterocycles. The van der Waals surface area contributed by atoms with Gasteiger partial charge in [0.2, 0.25) is 0 Å². The van der Waals surface area contributed by atoms with Gasteiger partial charge in [-0.2, -0.15) is 5.10 Å². The molecule has 1 amide bonds. The molecule has 2 aliphatic heterocycles. The maximum absolute atomic E-state index is 14.1. The molecular weight excluding hydrogens is 472 g/mol. The Labute approximate surface area is 223 Å². The predicted molar refractivity (Wildman–Crippen MR) is 154 cm³/mol. The smallest absolute Gasteiger partial charge is 0.275 e. The molecule has 6 rings (SSSR count). The van der Waals surface area contributed by atoms with Gasteiger partial charge in [0.05, 0.1) is 6.21 Å². The van der Waals surface area contributed by atoms with Crippen molar-refractivity contribution in [2.45, 2.75) is 39.7 Å². The Morgan fingerprint density at radius 3 is 2.16 bits per heavy atom. The van der Waals surface area contributed by atoms with Gasteiger partial charge in [0.15, 0.2) is 0 Å². The van der Waals surface area contributed by atoms with Crippen LogP contribution in [0.4, 0.5) is 11.4 Å². The molecule has 6 heteroatoms. The monoisotopic (exact) mass is 504 g/mol. The van der Waals surface area contributed by atoms with Gasteiger partial charge in [-0.1, -0.05) is 36.4 Å². The zero-order chi connectivity index (χ0) is 26.4. The zero-order valence-corrected chi connectivity index (χ0v) is 22.3. The average molecular weight is 505 g/mol. The summed E-state index contributed by atoms with van der Waals surface area (Å²) in [6, 6.07) is 16.3. The van der Waals surface area contributed by atoms with Crippen LogP contribution in [0, 0.1) is 13.8 Å². The molecule has 3 aliphatic rings. The second-order valence-corrected chi connectivity index (χ2v) is 9.98. The number of hydrazone groups is 1. The highest BCUT2D eigenvalue weighted by molar-refractivity contribution is 6.03. The number of nitrogens with zero attached hydrogens (tertiary/aromatic N) is 2. The van der Waals surface area contributed by atoms with Crippen molar-refractivity contribution in [3.63, 3.8) is 0 Å². The number of carbonyl (C=O) groups excluding carboxylic acids is 1. The van der Waals surface area contributed by atoms with Gasteiger partial charge in [0.25, 0.3) is 5.91 Å². The Balaban J connectivity index is 1.68. The molecule has 0 unspecified atom stereocenters. The van der Waals surface area contributed by atoms with Gasteiger partial charge >= 0.3 is 0 Å². The molecule has 1 aliphatic carbocycles. The standard InChI is InChI=1S/C32H32N4O2/c1-5-33-27-17-29-25(15-20(27)3)32(26-16-21(4)28(34-6-2)18-30(26)38-29)24-14-10-9-13-23(24)31(37)36(32)35-19-22-11-7-8-12-22/h7-11,13-19,33-34H,5-6,12H2,1-4H3/b35-19+. The fourth-order valence-electron chi connectivity index (χ4n) is 5.85. The van der Waals surface area contributed by atoms with Gasteiger partial charge in [-0.25, -0.2) is 5.01 Å². The van der Waals surface area contributed by atoms with Gasteiger partial charge < -0.3 is 15.4 Å². The van der Waals surface area contributed by atoms with Crippen molar-refractivity contribution in [3.05, 3.63) is 106 Å². The molecule has 6 nitrogen and oxygen atoms in total. The quantitative estimate of drug-likeness (QED) is 0.359. The summed E-state index contributed by atoms with van der Waals surface area (Å²) in [7, 11) is 0. The number of amides is 1. The lowest BCUT2D eigenvalue weighted by Crippen LogP contribution is -2.44. The SMILES string of the molecule is CCNc1cc2c(cc1C)C1(c3cc(C)c(NCC)cc3O2)c2ccccc2C(=O)N1/N=C/C1=CC=CC1. The first-order valence-corrected chi connectivity index (χ1v) is 13.3. The van der Waals surface area contributed by atoms with Crippen LogP contribution in [-0.4, -0.2) is 30.2 Å². The second kappa shape index (κ2) is 9.21. The third-order valence-corrected chi connectivity index (χ3v) is 7.58. The van der Waals surface area contributed by atoms with Gasteiger partial charge in [-0.15, -0.1) is 0 Å². The third kappa shape index (κ3) is 3.47. The number of benzene rings is 3. The summed E-state index contributed by atoms with van der Waals surface area (Å²) in [5.41, 5.74) is 7.68. The Bertz CT molecular complexity index is 1490. The maximum Gasteiger partial charge on any atom is 0.275 e. The largest absolute Gasteiger partial charge is 0.456 e. The van der Waals surface area contributed by atoms with E-state index in [9.17, 15) is 4.79 Å². The van der Waals surface area contributed by atoms with E-state index in [1.54, 1.807) is 5.01 Å². The maximum atomic E-state index is 14.1. The van der Waals surface area contributed by atoms with Crippen LogP contribution in [0.25, 0.3) is 0 Å². The van der Waals surface area contributed by atoms with Crippen LogP contribution in [0.3, 0.4) is 0 Å². The first-order valence-electron chi connectivity index (χ1n) is 13.3. The van der Waals surface area contributed by atoms with E-state index in [1.165, 1.54) is 0 Å². The van der Waals surface area contributed by atoms with Gasteiger partial charge in [-0.3, -0.25) is 4.79 Å². The Morgan fingerprint density at radius 1 is 0.947 bits per heavy atom. The normalized spacial score (nSPS) is 16.4. The van der Waals surface area contributed by atoms with Crippen molar-refractivity contribution in [1.82, 2.24) is 5.01 Å². The first kappa shape index (κ1) is 24.0. The summed E-state index contributed by atoms with van der Waals surface area (Å²) in [5.74, 6) is 1.32. The summed E-state index contributed by atoms with van der Waals surface area (Å²) in [6.07, 6.45) is 8.77. The van der Waals surface area contributed by atoms with E-state index in [2.05, 4.69) is 74.7 Å². The molecular formula is C32H32N4O2. The topological polar surface area (TPSA) is 66.0 Å². The molecule has 2 N–H and O–H groups in total. The number of allylic oxidation sites excluding steroid dienone is 4. The van der Waals surface area contributed by atoms with Crippen molar-refractivity contribution >= 4 is 23.5 Å². The van der Waals surface area contributed by atoms with E-state index in [1.807, 2.05) is 36.6 Å². The Kier molecular flexibility index (Phi) is 5.83. The molecule has 3 aromatic rings. The minimum Gasteiger partial charge on any atom is -0.456 e. The van der Waals surface area contributed by atoms with Crippen molar-refractivity contribution < 1.29 is 9.53 Å².